The molecular weight excluding hydrogens is 278 g/mol. The molecule has 0 spiro atoms. The molecule has 2 rings (SSSR count). The molecule has 0 radical (unpaired) electrons. The highest BCUT2D eigenvalue weighted by Gasteiger charge is 2.29. The van der Waals surface area contributed by atoms with Gasteiger partial charge in [-0.15, -0.1) is 0 Å². The van der Waals surface area contributed by atoms with Gasteiger partial charge in [0.1, 0.15) is 0 Å². The lowest BCUT2D eigenvalue weighted by atomic mass is 10.3. The molecule has 104 valence electrons. The van der Waals surface area contributed by atoms with E-state index >= 15 is 0 Å². The van der Waals surface area contributed by atoms with Crippen LogP contribution in [-0.4, -0.2) is 16.6 Å². The lowest BCUT2D eigenvalue weighted by Crippen LogP contribution is -2.41. The van der Waals surface area contributed by atoms with E-state index in [9.17, 15) is 10.1 Å². The zero-order valence-corrected chi connectivity index (χ0v) is 11.3. The average molecular weight is 292 g/mol. The minimum Gasteiger partial charge on any atom is -0.359 e. The Kier molecular flexibility index (Phi) is 4.79. The van der Waals surface area contributed by atoms with Crippen molar-refractivity contribution < 1.29 is 4.92 Å². The van der Waals surface area contributed by atoms with Crippen LogP contribution in [-0.2, 0) is 0 Å². The van der Waals surface area contributed by atoms with Crippen LogP contribution < -0.4 is 10.6 Å². The summed E-state index contributed by atoms with van der Waals surface area (Å²) in [5.41, 5.74) is 0.220. The molecule has 1 unspecified atom stereocenters. The number of benzene rings is 2. The first-order chi connectivity index (χ1) is 9.66. The monoisotopic (exact) mass is 291 g/mol. The van der Waals surface area contributed by atoms with Gasteiger partial charge in [-0.1, -0.05) is 36.4 Å². The lowest BCUT2D eigenvalue weighted by molar-refractivity contribution is -0.499. The van der Waals surface area contributed by atoms with Crippen LogP contribution in [0.3, 0.4) is 0 Å². The van der Waals surface area contributed by atoms with Crippen molar-refractivity contribution in [2.45, 2.75) is 11.7 Å². The molecule has 0 aliphatic carbocycles. The predicted octanol–water partition coefficient (Wildman–Crippen LogP) is 3.38. The fraction of sp³-hybridized carbons (Fsp3) is 0.143. The third-order valence-corrected chi connectivity index (χ3v) is 3.08. The molecule has 20 heavy (non-hydrogen) atoms. The van der Waals surface area contributed by atoms with Crippen molar-refractivity contribution in [3.8, 4) is 0 Å². The van der Waals surface area contributed by atoms with Gasteiger partial charge >= 0.3 is 5.50 Å². The quantitative estimate of drug-likeness (QED) is 0.281. The Bertz CT molecular complexity index is 509. The van der Waals surface area contributed by atoms with Crippen molar-refractivity contribution >= 4 is 23.0 Å². The number of nitro groups is 1. The Morgan fingerprint density at radius 3 is 1.65 bits per heavy atom. The van der Waals surface area contributed by atoms with Gasteiger partial charge in [-0.25, -0.2) is 0 Å². The number of alkyl halides is 1. The maximum atomic E-state index is 10.9. The number of hydrogen-bond donors (Lipinski definition) is 2. The third-order valence-electron chi connectivity index (χ3n) is 2.67. The number of rotatable bonds is 6. The van der Waals surface area contributed by atoms with Gasteiger partial charge in [0, 0.05) is 16.3 Å². The highest BCUT2D eigenvalue weighted by molar-refractivity contribution is 6.20. The van der Waals surface area contributed by atoms with Crippen molar-refractivity contribution in [1.82, 2.24) is 0 Å². The number of hydrogen-bond acceptors (Lipinski definition) is 4. The molecule has 2 aromatic carbocycles. The zero-order chi connectivity index (χ0) is 14.4. The molecule has 0 aromatic heterocycles. The van der Waals surface area contributed by atoms with Crippen molar-refractivity contribution in [1.29, 1.82) is 0 Å². The van der Waals surface area contributed by atoms with Gasteiger partial charge in [0.15, 0.2) is 6.17 Å². The largest absolute Gasteiger partial charge is 0.359 e. The summed E-state index contributed by atoms with van der Waals surface area (Å²) in [6.45, 7) is 0. The Labute approximate surface area is 121 Å². The summed E-state index contributed by atoms with van der Waals surface area (Å²) in [7, 11) is 0. The molecule has 2 N–H and O–H groups in total. The molecule has 0 aliphatic heterocycles. The first-order valence-electron chi connectivity index (χ1n) is 6.07. The first-order valence-corrected chi connectivity index (χ1v) is 6.51. The average Bonchev–Trinajstić information content (AvgIpc) is 2.48. The molecule has 6 heteroatoms. The molecule has 0 aliphatic rings. The van der Waals surface area contributed by atoms with E-state index in [-0.39, 0.29) is 0 Å². The molecule has 2 aromatic rings. The Morgan fingerprint density at radius 2 is 1.30 bits per heavy atom. The lowest BCUT2D eigenvalue weighted by Gasteiger charge is -2.21. The van der Waals surface area contributed by atoms with Crippen LogP contribution >= 0.6 is 11.6 Å². The second-order valence-corrected chi connectivity index (χ2v) is 4.60. The van der Waals surface area contributed by atoms with Gasteiger partial charge in [-0.2, -0.15) is 0 Å². The second-order valence-electron chi connectivity index (χ2n) is 4.16. The molecule has 0 saturated heterocycles. The maximum absolute atomic E-state index is 10.9. The molecule has 0 heterocycles. The topological polar surface area (TPSA) is 67.2 Å². The number of halogens is 1. The second kappa shape index (κ2) is 6.77. The van der Waals surface area contributed by atoms with Gasteiger partial charge in [-0.05, 0) is 35.9 Å². The summed E-state index contributed by atoms with van der Waals surface area (Å²) in [5.74, 6) is 0. The third kappa shape index (κ3) is 3.86. The Balaban J connectivity index is 2.14. The summed E-state index contributed by atoms with van der Waals surface area (Å²) in [5, 5.41) is 17.0. The molecular formula is C14H14ClN3O2. The Morgan fingerprint density at radius 1 is 0.900 bits per heavy atom. The van der Waals surface area contributed by atoms with Crippen molar-refractivity contribution in [3.63, 3.8) is 0 Å². The standard InChI is InChI=1S/C14H14ClN3O2/c15-13(18(19)20)14(16-11-7-3-1-4-8-11)17-12-9-5-2-6-10-12/h1-10,13-14,16-17H. The van der Waals surface area contributed by atoms with E-state index in [0.29, 0.717) is 0 Å². The maximum Gasteiger partial charge on any atom is 0.324 e. The number of para-hydroxylation sites is 2. The van der Waals surface area contributed by atoms with E-state index in [2.05, 4.69) is 10.6 Å². The smallest absolute Gasteiger partial charge is 0.324 e. The molecule has 0 bridgehead atoms. The predicted molar refractivity (Wildman–Crippen MR) is 80.6 cm³/mol. The fourth-order valence-electron chi connectivity index (χ4n) is 1.72. The van der Waals surface area contributed by atoms with Gasteiger partial charge in [-0.3, -0.25) is 10.1 Å². The summed E-state index contributed by atoms with van der Waals surface area (Å²) in [4.78, 5) is 10.4. The fourth-order valence-corrected chi connectivity index (χ4v) is 1.85. The number of nitrogens with zero attached hydrogens (tertiary/aromatic N) is 1. The van der Waals surface area contributed by atoms with Crippen molar-refractivity contribution in [2.24, 2.45) is 0 Å². The van der Waals surface area contributed by atoms with Crippen LogP contribution in [0.4, 0.5) is 11.4 Å². The van der Waals surface area contributed by atoms with E-state index in [0.717, 1.165) is 11.4 Å². The van der Waals surface area contributed by atoms with Gasteiger partial charge in [0.25, 0.3) is 0 Å². The number of anilines is 2. The van der Waals surface area contributed by atoms with E-state index < -0.39 is 16.6 Å². The molecule has 0 amide bonds. The minimum absolute atomic E-state index is 0.530. The van der Waals surface area contributed by atoms with Crippen LogP contribution in [0.2, 0.25) is 0 Å². The molecule has 5 nitrogen and oxygen atoms in total. The van der Waals surface area contributed by atoms with Gasteiger partial charge < -0.3 is 10.6 Å². The Hall–Kier alpha value is -2.27. The van der Waals surface area contributed by atoms with Crippen molar-refractivity contribution in [3.05, 3.63) is 70.8 Å². The van der Waals surface area contributed by atoms with Crippen LogP contribution in [0.1, 0.15) is 0 Å². The molecule has 1 atom stereocenters. The number of nitrogens with one attached hydrogen (secondary N) is 2. The van der Waals surface area contributed by atoms with Gasteiger partial charge in [0.05, 0.1) is 0 Å². The van der Waals surface area contributed by atoms with E-state index in [1.165, 1.54) is 0 Å². The summed E-state index contributed by atoms with van der Waals surface area (Å²) in [6, 6.07) is 18.4. The van der Waals surface area contributed by atoms with Crippen LogP contribution in [0.15, 0.2) is 60.7 Å². The molecule has 0 saturated carbocycles. The van der Waals surface area contributed by atoms with Crippen LogP contribution in [0.5, 0.6) is 0 Å². The summed E-state index contributed by atoms with van der Waals surface area (Å²) < 4.78 is 0. The van der Waals surface area contributed by atoms with E-state index in [1.54, 1.807) is 0 Å². The van der Waals surface area contributed by atoms with Gasteiger partial charge in [0.2, 0.25) is 0 Å². The molecule has 0 fully saturated rings. The first kappa shape index (κ1) is 14.1. The summed E-state index contributed by atoms with van der Waals surface area (Å²) >= 11 is 5.86. The highest BCUT2D eigenvalue weighted by atomic mass is 35.5. The summed E-state index contributed by atoms with van der Waals surface area (Å²) in [6.07, 6.45) is -0.725. The van der Waals surface area contributed by atoms with Crippen LogP contribution in [0, 0.1) is 10.1 Å². The normalized spacial score (nSPS) is 11.9. The van der Waals surface area contributed by atoms with E-state index in [1.807, 2.05) is 60.7 Å². The zero-order valence-electron chi connectivity index (χ0n) is 10.6. The SMILES string of the molecule is O=[N+]([O-])C(Cl)C(Nc1ccccc1)Nc1ccccc1. The van der Waals surface area contributed by atoms with E-state index in [4.69, 9.17) is 11.6 Å². The highest BCUT2D eigenvalue weighted by Crippen LogP contribution is 2.16. The van der Waals surface area contributed by atoms with Crippen molar-refractivity contribution in [2.75, 3.05) is 10.6 Å². The van der Waals surface area contributed by atoms with Crippen LogP contribution in [0.25, 0.3) is 0 Å². The minimum atomic E-state index is -1.30.